The van der Waals surface area contributed by atoms with E-state index >= 15 is 0 Å². The Hall–Kier alpha value is -1.80. The Morgan fingerprint density at radius 2 is 2.20 bits per heavy atom. The molecule has 0 aliphatic heterocycles. The Kier molecular flexibility index (Phi) is 4.80. The second-order valence-corrected chi connectivity index (χ2v) is 4.89. The van der Waals surface area contributed by atoms with Gasteiger partial charge in [0, 0.05) is 24.0 Å². The molecular weight excluding hydrogens is 328 g/mol. The van der Waals surface area contributed by atoms with Crippen LogP contribution in [0.4, 0.5) is 0 Å². The summed E-state index contributed by atoms with van der Waals surface area (Å²) in [6.45, 7) is 0.661. The van der Waals surface area contributed by atoms with Crippen molar-refractivity contribution in [3.05, 3.63) is 39.9 Å². The lowest BCUT2D eigenvalue weighted by Crippen LogP contribution is -2.11. The standard InChI is InChI=1S/C12H13BrN4O3/c1-19-7-10-11(12(18)20-2)15-16-17(10)6-8-3-9(13)5-14-4-8/h3-5H,6-7H2,1-2H3. The molecule has 0 aromatic carbocycles. The molecule has 7 nitrogen and oxygen atoms in total. The van der Waals surface area contributed by atoms with Crippen LogP contribution in [0.1, 0.15) is 21.7 Å². The van der Waals surface area contributed by atoms with Crippen molar-refractivity contribution < 1.29 is 14.3 Å². The van der Waals surface area contributed by atoms with Crippen LogP contribution in [0.25, 0.3) is 0 Å². The Bertz CT molecular complexity index is 614. The molecule has 0 saturated carbocycles. The lowest BCUT2D eigenvalue weighted by molar-refractivity contribution is 0.0588. The van der Waals surface area contributed by atoms with Gasteiger partial charge in [0.1, 0.15) is 0 Å². The Balaban J connectivity index is 2.31. The van der Waals surface area contributed by atoms with E-state index in [1.165, 1.54) is 7.11 Å². The first-order chi connectivity index (χ1) is 9.65. The van der Waals surface area contributed by atoms with Crippen molar-refractivity contribution in [1.29, 1.82) is 0 Å². The highest BCUT2D eigenvalue weighted by Gasteiger charge is 2.20. The van der Waals surface area contributed by atoms with Gasteiger partial charge >= 0.3 is 5.97 Å². The molecule has 0 aliphatic rings. The largest absolute Gasteiger partial charge is 0.464 e. The van der Waals surface area contributed by atoms with E-state index in [0.717, 1.165) is 10.0 Å². The average molecular weight is 341 g/mol. The zero-order valence-electron chi connectivity index (χ0n) is 11.0. The molecule has 2 heterocycles. The Morgan fingerprint density at radius 1 is 1.40 bits per heavy atom. The molecule has 20 heavy (non-hydrogen) atoms. The molecule has 0 spiro atoms. The summed E-state index contributed by atoms with van der Waals surface area (Å²) >= 11 is 3.36. The average Bonchev–Trinajstić information content (AvgIpc) is 2.82. The lowest BCUT2D eigenvalue weighted by Gasteiger charge is -2.07. The number of ether oxygens (including phenoxy) is 2. The van der Waals surface area contributed by atoms with Gasteiger partial charge in [0.2, 0.25) is 0 Å². The number of aromatic nitrogens is 4. The third-order valence-corrected chi connectivity index (χ3v) is 3.02. The second kappa shape index (κ2) is 6.58. The van der Waals surface area contributed by atoms with Gasteiger partial charge < -0.3 is 9.47 Å². The minimum Gasteiger partial charge on any atom is -0.464 e. The summed E-state index contributed by atoms with van der Waals surface area (Å²) in [5.41, 5.74) is 1.66. The van der Waals surface area contributed by atoms with Crippen molar-refractivity contribution in [2.75, 3.05) is 14.2 Å². The third-order valence-electron chi connectivity index (χ3n) is 2.59. The van der Waals surface area contributed by atoms with Crippen molar-refractivity contribution in [1.82, 2.24) is 20.0 Å². The first-order valence-electron chi connectivity index (χ1n) is 5.74. The van der Waals surface area contributed by atoms with Crippen molar-refractivity contribution >= 4 is 21.9 Å². The van der Waals surface area contributed by atoms with E-state index in [1.54, 1.807) is 24.2 Å². The lowest BCUT2D eigenvalue weighted by atomic mass is 10.2. The van der Waals surface area contributed by atoms with Gasteiger partial charge in [-0.3, -0.25) is 4.98 Å². The molecule has 2 aromatic rings. The zero-order valence-corrected chi connectivity index (χ0v) is 12.6. The normalized spacial score (nSPS) is 10.6. The van der Waals surface area contributed by atoms with Crippen molar-refractivity contribution in [3.63, 3.8) is 0 Å². The number of esters is 1. The number of carbonyl (C=O) groups excluding carboxylic acids is 1. The maximum atomic E-state index is 11.6. The van der Waals surface area contributed by atoms with Gasteiger partial charge in [0.05, 0.1) is 26.0 Å². The molecule has 0 bridgehead atoms. The number of carbonyl (C=O) groups is 1. The number of halogens is 1. The van der Waals surface area contributed by atoms with Crippen LogP contribution in [0.5, 0.6) is 0 Å². The van der Waals surface area contributed by atoms with Gasteiger partial charge in [-0.25, -0.2) is 9.48 Å². The first-order valence-corrected chi connectivity index (χ1v) is 6.54. The molecule has 2 aromatic heterocycles. The van der Waals surface area contributed by atoms with Crippen LogP contribution in [0.2, 0.25) is 0 Å². The summed E-state index contributed by atoms with van der Waals surface area (Å²) in [5, 5.41) is 7.82. The summed E-state index contributed by atoms with van der Waals surface area (Å²) < 4.78 is 12.2. The molecular formula is C12H13BrN4O3. The smallest absolute Gasteiger partial charge is 0.360 e. The fraction of sp³-hybridized carbons (Fsp3) is 0.333. The summed E-state index contributed by atoms with van der Waals surface area (Å²) in [7, 11) is 2.84. The molecule has 2 rings (SSSR count). The first kappa shape index (κ1) is 14.6. The van der Waals surface area contributed by atoms with E-state index in [2.05, 4.69) is 36.0 Å². The highest BCUT2D eigenvalue weighted by Crippen LogP contribution is 2.14. The van der Waals surface area contributed by atoms with E-state index in [-0.39, 0.29) is 12.3 Å². The monoisotopic (exact) mass is 340 g/mol. The maximum absolute atomic E-state index is 11.6. The fourth-order valence-corrected chi connectivity index (χ4v) is 2.12. The van der Waals surface area contributed by atoms with E-state index in [4.69, 9.17) is 4.74 Å². The van der Waals surface area contributed by atoms with Gasteiger partial charge in [-0.05, 0) is 27.6 Å². The molecule has 8 heteroatoms. The Labute approximate surface area is 124 Å². The van der Waals surface area contributed by atoms with Crippen LogP contribution < -0.4 is 0 Å². The Morgan fingerprint density at radius 3 is 2.85 bits per heavy atom. The SMILES string of the molecule is COCc1c(C(=O)OC)nnn1Cc1cncc(Br)c1. The maximum Gasteiger partial charge on any atom is 0.360 e. The highest BCUT2D eigenvalue weighted by molar-refractivity contribution is 9.10. The molecule has 0 atom stereocenters. The zero-order chi connectivity index (χ0) is 14.5. The van der Waals surface area contributed by atoms with Crippen LogP contribution in [-0.4, -0.2) is 40.2 Å². The molecule has 0 N–H and O–H groups in total. The van der Waals surface area contributed by atoms with Crippen LogP contribution in [0.15, 0.2) is 22.9 Å². The van der Waals surface area contributed by atoms with Crippen LogP contribution in [0.3, 0.4) is 0 Å². The van der Waals surface area contributed by atoms with E-state index in [9.17, 15) is 4.79 Å². The summed E-state index contributed by atoms with van der Waals surface area (Å²) in [5.74, 6) is -0.532. The van der Waals surface area contributed by atoms with Crippen LogP contribution in [0, 0.1) is 0 Å². The predicted octanol–water partition coefficient (Wildman–Crippen LogP) is 1.42. The number of methoxy groups -OCH3 is 2. The summed E-state index contributed by atoms with van der Waals surface area (Å²) in [6.07, 6.45) is 3.42. The molecule has 0 saturated heterocycles. The van der Waals surface area contributed by atoms with Gasteiger partial charge in [0.15, 0.2) is 5.69 Å². The van der Waals surface area contributed by atoms with Gasteiger partial charge in [0.25, 0.3) is 0 Å². The summed E-state index contributed by atoms with van der Waals surface area (Å²) in [4.78, 5) is 15.7. The second-order valence-electron chi connectivity index (χ2n) is 3.98. The third kappa shape index (κ3) is 3.20. The number of pyridine rings is 1. The minimum absolute atomic E-state index is 0.164. The molecule has 106 valence electrons. The van der Waals surface area contributed by atoms with E-state index in [1.807, 2.05) is 6.07 Å². The van der Waals surface area contributed by atoms with Crippen molar-refractivity contribution in [2.24, 2.45) is 0 Å². The topological polar surface area (TPSA) is 79.1 Å². The number of hydrogen-bond acceptors (Lipinski definition) is 6. The van der Waals surface area contributed by atoms with E-state index < -0.39 is 5.97 Å². The molecule has 0 radical (unpaired) electrons. The number of hydrogen-bond donors (Lipinski definition) is 0. The fourth-order valence-electron chi connectivity index (χ4n) is 1.71. The molecule has 0 aliphatic carbocycles. The highest BCUT2D eigenvalue weighted by atomic mass is 79.9. The van der Waals surface area contributed by atoms with Crippen molar-refractivity contribution in [2.45, 2.75) is 13.2 Å². The number of nitrogens with zero attached hydrogens (tertiary/aromatic N) is 4. The molecule has 0 fully saturated rings. The van der Waals surface area contributed by atoms with Gasteiger partial charge in [-0.1, -0.05) is 5.21 Å². The van der Waals surface area contributed by atoms with Crippen LogP contribution in [-0.2, 0) is 22.6 Å². The molecule has 0 unspecified atom stereocenters. The predicted molar refractivity (Wildman–Crippen MR) is 73.1 cm³/mol. The van der Waals surface area contributed by atoms with Crippen molar-refractivity contribution in [3.8, 4) is 0 Å². The van der Waals surface area contributed by atoms with Crippen LogP contribution >= 0.6 is 15.9 Å². The number of rotatable bonds is 5. The minimum atomic E-state index is -0.532. The van der Waals surface area contributed by atoms with Gasteiger partial charge in [-0.15, -0.1) is 5.10 Å². The van der Waals surface area contributed by atoms with Gasteiger partial charge in [-0.2, -0.15) is 0 Å². The summed E-state index contributed by atoms with van der Waals surface area (Å²) in [6, 6.07) is 1.92. The van der Waals surface area contributed by atoms with E-state index in [0.29, 0.717) is 12.2 Å². The quantitative estimate of drug-likeness (QED) is 0.766. The molecule has 0 amide bonds.